The Bertz CT molecular complexity index is 1220. The number of likely N-dealkylation sites (N-methyl/N-ethyl adjacent to an activating group) is 1. The quantitative estimate of drug-likeness (QED) is 0.279. The maximum atomic E-state index is 13.6. The second kappa shape index (κ2) is 14.8. The van der Waals surface area contributed by atoms with Gasteiger partial charge in [0, 0.05) is 63.6 Å². The molecule has 4 aromatic rings. The normalized spacial score (nSPS) is 10.6. The third kappa shape index (κ3) is 8.91. The van der Waals surface area contributed by atoms with E-state index in [1.54, 1.807) is 31.2 Å². The minimum absolute atomic E-state index is 0. The van der Waals surface area contributed by atoms with Gasteiger partial charge in [-0.05, 0) is 49.0 Å². The molecule has 0 saturated heterocycles. The van der Waals surface area contributed by atoms with Crippen LogP contribution in [0.2, 0.25) is 5.02 Å². The average Bonchev–Trinajstić information content (AvgIpc) is 3.20. The number of aromatic hydroxyl groups is 1. The second-order valence-electron chi connectivity index (χ2n) is 6.86. The van der Waals surface area contributed by atoms with Gasteiger partial charge in [0.15, 0.2) is 17.6 Å². The molecule has 0 bridgehead atoms. The molecule has 0 aliphatic heterocycles. The van der Waals surface area contributed by atoms with Crippen LogP contribution >= 0.6 is 11.6 Å². The fourth-order valence-electron chi connectivity index (χ4n) is 2.84. The van der Waals surface area contributed by atoms with Gasteiger partial charge in [-0.1, -0.05) is 25.4 Å². The largest absolute Gasteiger partial charge is 0.508 e. The molecule has 0 spiro atoms. The number of anilines is 1. The van der Waals surface area contributed by atoms with E-state index in [-0.39, 0.29) is 44.1 Å². The van der Waals surface area contributed by atoms with Gasteiger partial charge < -0.3 is 19.2 Å². The Hall–Kier alpha value is -2.48. The number of carbonyl (C=O) groups is 1. The van der Waals surface area contributed by atoms with Gasteiger partial charge in [-0.25, -0.2) is 4.98 Å². The van der Waals surface area contributed by atoms with Gasteiger partial charge in [-0.15, -0.1) is 6.07 Å². The van der Waals surface area contributed by atoms with Gasteiger partial charge in [-0.2, -0.15) is 18.2 Å². The van der Waals surface area contributed by atoms with Gasteiger partial charge in [0.1, 0.15) is 17.0 Å². The van der Waals surface area contributed by atoms with E-state index in [9.17, 15) is 14.3 Å². The number of hydrogen-bond acceptors (Lipinski definition) is 5. The molecule has 183 valence electrons. The van der Waals surface area contributed by atoms with Gasteiger partial charge in [0.2, 0.25) is 0 Å². The first kappa shape index (κ1) is 30.6. The Balaban J connectivity index is 0.000000368. The summed E-state index contributed by atoms with van der Waals surface area (Å²) >= 11 is 5.74. The van der Waals surface area contributed by atoms with Crippen molar-refractivity contribution in [3.05, 3.63) is 83.5 Å². The Labute approximate surface area is 234 Å². The number of halogens is 2. The van der Waals surface area contributed by atoms with Crippen LogP contribution in [0.25, 0.3) is 11.1 Å². The van der Waals surface area contributed by atoms with Crippen LogP contribution in [0.5, 0.6) is 11.5 Å². The van der Waals surface area contributed by atoms with E-state index in [0.717, 1.165) is 11.1 Å². The summed E-state index contributed by atoms with van der Waals surface area (Å²) in [7, 11) is 1.47. The summed E-state index contributed by atoms with van der Waals surface area (Å²) in [6.45, 7) is 7.39. The zero-order valence-corrected chi connectivity index (χ0v) is 23.8. The molecule has 1 radical (unpaired) electrons. The number of carbonyl (C=O) groups excluding carboxylic acids is 1. The van der Waals surface area contributed by atoms with Crippen LogP contribution in [-0.4, -0.2) is 29.1 Å². The first-order valence-corrected chi connectivity index (χ1v) is 11.0. The van der Waals surface area contributed by atoms with E-state index < -0.39 is 17.8 Å². The van der Waals surface area contributed by atoms with Gasteiger partial charge in [-0.3, -0.25) is 9.18 Å². The van der Waals surface area contributed by atoms with Crippen LogP contribution in [0.4, 0.5) is 10.1 Å². The Morgan fingerprint density at radius 1 is 1.20 bits per heavy atom. The number of amides is 1. The number of oxazole rings is 1. The van der Waals surface area contributed by atoms with Crippen molar-refractivity contribution in [3.8, 4) is 11.5 Å². The number of ether oxygens (including phenoxy) is 1. The molecule has 35 heavy (non-hydrogen) atoms. The monoisotopic (exact) mass is 574 g/mol. The van der Waals surface area contributed by atoms with Gasteiger partial charge >= 0.3 is 0 Å². The van der Waals surface area contributed by atoms with E-state index in [4.69, 9.17) is 20.8 Å². The van der Waals surface area contributed by atoms with E-state index in [1.807, 2.05) is 26.8 Å². The van der Waals surface area contributed by atoms with Crippen LogP contribution in [0.15, 0.2) is 65.1 Å². The maximum Gasteiger partial charge on any atom is 0.265 e. The number of aryl methyl sites for hydroxylation is 1. The minimum atomic E-state index is -0.799. The van der Waals surface area contributed by atoms with Gasteiger partial charge in [0.25, 0.3) is 5.91 Å². The third-order valence-corrected chi connectivity index (χ3v) is 4.64. The van der Waals surface area contributed by atoms with E-state index in [1.165, 1.54) is 42.3 Å². The predicted octanol–water partition coefficient (Wildman–Crippen LogP) is 6.58. The Kier molecular flexibility index (Phi) is 12.9. The van der Waals surface area contributed by atoms with Crippen LogP contribution in [0.1, 0.15) is 26.7 Å². The zero-order chi connectivity index (χ0) is 25.3. The van der Waals surface area contributed by atoms with Crippen LogP contribution in [0.3, 0.4) is 0 Å². The second-order valence-corrected chi connectivity index (χ2v) is 7.30. The topological polar surface area (TPSA) is 75.8 Å². The van der Waals surface area contributed by atoms with E-state index >= 15 is 0 Å². The molecule has 1 amide bonds. The molecule has 0 unspecified atom stereocenters. The van der Waals surface area contributed by atoms with Crippen molar-refractivity contribution < 1.29 is 56.2 Å². The number of fused-ring (bicyclic) bond motifs is 1. The molecule has 0 aliphatic carbocycles. The fourth-order valence-corrected chi connectivity index (χ4v) is 3.00. The van der Waals surface area contributed by atoms with Crippen molar-refractivity contribution in [1.29, 1.82) is 0 Å². The molecule has 1 N–H and O–H groups in total. The predicted molar refractivity (Wildman–Crippen MR) is 132 cm³/mol. The molecule has 0 aliphatic rings. The molecule has 9 heteroatoms. The summed E-state index contributed by atoms with van der Waals surface area (Å²) in [6, 6.07) is 18.4. The first-order valence-electron chi connectivity index (χ1n) is 10.7. The van der Waals surface area contributed by atoms with Crippen LogP contribution < -0.4 is 9.64 Å². The molecular formula is C26H27ClFN2O4Y-. The summed E-state index contributed by atoms with van der Waals surface area (Å²) < 4.78 is 24.4. The number of para-hydroxylation sites is 1. The van der Waals surface area contributed by atoms with Crippen LogP contribution in [0, 0.1) is 18.8 Å². The van der Waals surface area contributed by atoms with Crippen LogP contribution in [-0.2, 0) is 37.5 Å². The number of aromatic nitrogens is 1. The van der Waals surface area contributed by atoms with Crippen molar-refractivity contribution in [2.45, 2.75) is 33.8 Å². The number of phenolic OH excluding ortho intramolecular Hbond substituents is 1. The number of phenols is 1. The van der Waals surface area contributed by atoms with Gasteiger partial charge in [0.05, 0.1) is 0 Å². The summed E-state index contributed by atoms with van der Waals surface area (Å²) in [6.07, 6.45) is -0.799. The molecule has 3 aromatic carbocycles. The van der Waals surface area contributed by atoms with Crippen molar-refractivity contribution in [2.75, 3.05) is 11.9 Å². The molecule has 6 nitrogen and oxygen atoms in total. The number of benzene rings is 3. The smallest absolute Gasteiger partial charge is 0.265 e. The summed E-state index contributed by atoms with van der Waals surface area (Å²) in [5, 5.41) is 9.87. The minimum Gasteiger partial charge on any atom is -0.508 e. The number of nitrogens with zero attached hydrogens (tertiary/aromatic N) is 2. The third-order valence-electron chi connectivity index (χ3n) is 4.41. The standard InChI is InChI=1S/C16H15FNO3.C8H6ClNO.C2H6.Y/c1-11(21-13-9-7-12(19)8-10-13)16(20)18(2)15-6-4-3-5-14(15)17;1-5-10-7-3-2-6(9)4-8(7)11-5;1-2;/h3-5,7-11,19H,1-2H3;2-4H,1H3;1-2H3;/q-1;;;/t11-;;;/m1.../s1. The maximum absolute atomic E-state index is 13.6. The Morgan fingerprint density at radius 3 is 2.49 bits per heavy atom. The first-order chi connectivity index (χ1) is 16.2. The molecular weight excluding hydrogens is 548 g/mol. The summed E-state index contributed by atoms with van der Waals surface area (Å²) in [5.74, 6) is 0.302. The summed E-state index contributed by atoms with van der Waals surface area (Å²) in [4.78, 5) is 17.5. The summed E-state index contributed by atoms with van der Waals surface area (Å²) in [5.41, 5.74) is 1.67. The molecule has 4 rings (SSSR count). The molecule has 1 heterocycles. The fraction of sp³-hybridized carbons (Fsp3) is 0.231. The SMILES string of the molecule is CC.C[C@@H](Oc1ccc(O)cc1)C(=O)N(C)c1[c-]cccc1F.Cc1nc2ccc(Cl)cc2o1.[Y]. The van der Waals surface area contributed by atoms with Crippen molar-refractivity contribution in [3.63, 3.8) is 0 Å². The van der Waals surface area contributed by atoms with E-state index in [2.05, 4.69) is 11.1 Å². The zero-order valence-electron chi connectivity index (χ0n) is 20.3. The van der Waals surface area contributed by atoms with Crippen molar-refractivity contribution in [1.82, 2.24) is 4.98 Å². The molecule has 0 fully saturated rings. The number of rotatable bonds is 4. The number of hydrogen-bond donors (Lipinski definition) is 1. The Morgan fingerprint density at radius 2 is 1.86 bits per heavy atom. The molecule has 1 atom stereocenters. The molecule has 0 saturated carbocycles. The van der Waals surface area contributed by atoms with E-state index in [0.29, 0.717) is 16.7 Å². The average molecular weight is 575 g/mol. The molecule has 1 aromatic heterocycles. The van der Waals surface area contributed by atoms with Crippen molar-refractivity contribution >= 4 is 34.3 Å². The van der Waals surface area contributed by atoms with Crippen molar-refractivity contribution in [2.24, 2.45) is 0 Å².